The third-order valence-electron chi connectivity index (χ3n) is 6.59. The first-order chi connectivity index (χ1) is 17.1. The largest absolute Gasteiger partial charge is 0.354 e. The number of hydrogen-bond acceptors (Lipinski definition) is 7. The molecule has 5 aromatic heterocycles. The number of carbonyl (C=O) groups excluding carboxylic acids is 1. The van der Waals surface area contributed by atoms with Crippen molar-refractivity contribution < 1.29 is 4.79 Å². The highest BCUT2D eigenvalue weighted by molar-refractivity contribution is 5.98. The van der Waals surface area contributed by atoms with Gasteiger partial charge in [-0.1, -0.05) is 0 Å². The van der Waals surface area contributed by atoms with Gasteiger partial charge in [0.15, 0.2) is 5.78 Å². The van der Waals surface area contributed by atoms with Crippen molar-refractivity contribution >= 4 is 33.5 Å². The molecule has 35 heavy (non-hydrogen) atoms. The van der Waals surface area contributed by atoms with Crippen LogP contribution in [0.25, 0.3) is 33.1 Å². The lowest BCUT2D eigenvalue weighted by molar-refractivity contribution is 0.0992. The van der Waals surface area contributed by atoms with E-state index in [0.29, 0.717) is 5.56 Å². The Labute approximate surface area is 202 Å². The molecule has 1 aliphatic heterocycles. The van der Waals surface area contributed by atoms with E-state index < -0.39 is 0 Å². The van der Waals surface area contributed by atoms with E-state index in [0.717, 1.165) is 70.8 Å². The van der Waals surface area contributed by atoms with Crippen molar-refractivity contribution in [2.75, 3.05) is 38.1 Å². The smallest absolute Gasteiger partial charge is 0.169 e. The first-order valence-electron chi connectivity index (χ1n) is 11.7. The maximum atomic E-state index is 13.1. The Balaban J connectivity index is 1.24. The van der Waals surface area contributed by atoms with E-state index in [4.69, 9.17) is 0 Å². The topological polar surface area (TPSA) is 90.9 Å². The predicted octanol–water partition coefficient (Wildman–Crippen LogP) is 3.75. The van der Waals surface area contributed by atoms with E-state index in [-0.39, 0.29) is 12.2 Å². The Morgan fingerprint density at radius 1 is 0.886 bits per heavy atom. The summed E-state index contributed by atoms with van der Waals surface area (Å²) in [7, 11) is 2.12. The number of likely N-dealkylation sites (N-methyl/N-ethyl adjacent to an activating group) is 1. The number of aromatic amines is 1. The molecule has 6 heterocycles. The summed E-state index contributed by atoms with van der Waals surface area (Å²) in [5.74, 6) is 0.887. The van der Waals surface area contributed by atoms with Gasteiger partial charge < -0.3 is 14.8 Å². The lowest BCUT2D eigenvalue weighted by Crippen LogP contribution is -2.44. The number of hydrogen-bond donors (Lipinski definition) is 1. The molecule has 0 atom stereocenters. The molecule has 1 fully saturated rings. The van der Waals surface area contributed by atoms with Crippen LogP contribution >= 0.6 is 0 Å². The van der Waals surface area contributed by atoms with Gasteiger partial charge in [0.05, 0.1) is 18.1 Å². The van der Waals surface area contributed by atoms with Crippen molar-refractivity contribution in [1.29, 1.82) is 0 Å². The first kappa shape index (κ1) is 21.4. The van der Waals surface area contributed by atoms with E-state index in [1.54, 1.807) is 18.5 Å². The van der Waals surface area contributed by atoms with Gasteiger partial charge in [0.25, 0.3) is 0 Å². The molecule has 1 aliphatic rings. The molecule has 0 spiro atoms. The lowest BCUT2D eigenvalue weighted by atomic mass is 10.0. The highest BCUT2D eigenvalue weighted by atomic mass is 16.1. The van der Waals surface area contributed by atoms with E-state index >= 15 is 0 Å². The molecule has 1 N–H and O–H groups in total. The molecule has 0 aromatic carbocycles. The van der Waals surface area contributed by atoms with Gasteiger partial charge in [0, 0.05) is 84.1 Å². The molecular weight excluding hydrogens is 438 g/mol. The van der Waals surface area contributed by atoms with Crippen LogP contribution in [0.5, 0.6) is 0 Å². The van der Waals surface area contributed by atoms with Crippen molar-refractivity contribution in [2.24, 2.45) is 0 Å². The summed E-state index contributed by atoms with van der Waals surface area (Å²) in [4.78, 5) is 38.8. The number of H-pyrrole nitrogens is 1. The number of ketones is 1. The third kappa shape index (κ3) is 4.36. The molecule has 5 aromatic rings. The number of aromatic nitrogens is 5. The van der Waals surface area contributed by atoms with E-state index in [1.807, 2.05) is 36.8 Å². The maximum absolute atomic E-state index is 13.1. The molecule has 0 radical (unpaired) electrons. The Hall–Kier alpha value is -4.17. The molecule has 6 rings (SSSR count). The van der Waals surface area contributed by atoms with Gasteiger partial charge in [0.2, 0.25) is 0 Å². The summed E-state index contributed by atoms with van der Waals surface area (Å²) in [5, 5.41) is 2.00. The fourth-order valence-corrected chi connectivity index (χ4v) is 4.50. The van der Waals surface area contributed by atoms with Gasteiger partial charge in [-0.25, -0.2) is 9.97 Å². The third-order valence-corrected chi connectivity index (χ3v) is 6.59. The van der Waals surface area contributed by atoms with Crippen LogP contribution in [-0.2, 0) is 6.42 Å². The van der Waals surface area contributed by atoms with E-state index in [1.165, 1.54) is 0 Å². The zero-order chi connectivity index (χ0) is 23.8. The maximum Gasteiger partial charge on any atom is 0.169 e. The number of pyridine rings is 4. The fourth-order valence-electron chi connectivity index (χ4n) is 4.50. The van der Waals surface area contributed by atoms with Crippen LogP contribution in [0, 0.1) is 0 Å². The highest BCUT2D eigenvalue weighted by Gasteiger charge is 2.17. The van der Waals surface area contributed by atoms with Crippen molar-refractivity contribution in [3.05, 3.63) is 78.6 Å². The second-order valence-electron chi connectivity index (χ2n) is 9.02. The SMILES string of the molecule is CN1CCN(c2cc(C(=O)Cc3cc4cc(-c5cnc6[nH]ccc6c5)cnc4cn3)ccn2)CC1. The van der Waals surface area contributed by atoms with Crippen molar-refractivity contribution in [1.82, 2.24) is 29.8 Å². The zero-order valence-corrected chi connectivity index (χ0v) is 19.5. The van der Waals surface area contributed by atoms with Crippen molar-refractivity contribution in [3.8, 4) is 11.1 Å². The molecule has 0 saturated carbocycles. The van der Waals surface area contributed by atoms with Crippen molar-refractivity contribution in [2.45, 2.75) is 6.42 Å². The van der Waals surface area contributed by atoms with Gasteiger partial charge in [-0.3, -0.25) is 14.8 Å². The molecule has 8 nitrogen and oxygen atoms in total. The lowest BCUT2D eigenvalue weighted by Gasteiger charge is -2.33. The number of piperazine rings is 1. The number of fused-ring (bicyclic) bond motifs is 2. The number of anilines is 1. The number of Topliss-reactive ketones (excluding diaryl/α,β-unsaturated/α-hetero) is 1. The minimum absolute atomic E-state index is 0.0286. The number of nitrogens with one attached hydrogen (secondary N) is 1. The van der Waals surface area contributed by atoms with Gasteiger partial charge in [-0.05, 0) is 43.4 Å². The Morgan fingerprint density at radius 3 is 2.54 bits per heavy atom. The van der Waals surface area contributed by atoms with E-state index in [9.17, 15) is 4.79 Å². The van der Waals surface area contributed by atoms with Crippen molar-refractivity contribution in [3.63, 3.8) is 0 Å². The highest BCUT2D eigenvalue weighted by Crippen LogP contribution is 2.25. The summed E-state index contributed by atoms with van der Waals surface area (Å²) in [5.41, 5.74) is 5.00. The van der Waals surface area contributed by atoms with Gasteiger partial charge in [-0.15, -0.1) is 0 Å². The molecule has 0 bridgehead atoms. The Morgan fingerprint density at radius 2 is 1.69 bits per heavy atom. The second-order valence-corrected chi connectivity index (χ2v) is 9.02. The summed E-state index contributed by atoms with van der Waals surface area (Å²) in [6.07, 6.45) is 9.24. The monoisotopic (exact) mass is 463 g/mol. The molecule has 0 aliphatic carbocycles. The molecule has 8 heteroatoms. The standard InChI is InChI=1S/C27H25N7O/c1-33-6-8-34(9-7-33)26-13-18(2-4-28-26)25(35)14-23-12-20-11-22(15-31-24(20)17-30-23)21-10-19-3-5-29-27(19)32-16-21/h2-5,10-13,15-17H,6-9,14H2,1H3,(H,29,32). The fraction of sp³-hybridized carbons (Fsp3) is 0.222. The summed E-state index contributed by atoms with van der Waals surface area (Å²) >= 11 is 0. The molecular formula is C27H25N7O. The van der Waals surface area contributed by atoms with Crippen LogP contribution in [0.4, 0.5) is 5.82 Å². The van der Waals surface area contributed by atoms with E-state index in [2.05, 4.69) is 53.9 Å². The average Bonchev–Trinajstić information content (AvgIpc) is 3.37. The van der Waals surface area contributed by atoms with Gasteiger partial charge in [0.1, 0.15) is 11.5 Å². The Kier molecular flexibility index (Phi) is 5.42. The summed E-state index contributed by atoms with van der Waals surface area (Å²) in [6, 6.07) is 11.8. The molecule has 0 amide bonds. The predicted molar refractivity (Wildman–Crippen MR) is 137 cm³/mol. The summed E-state index contributed by atoms with van der Waals surface area (Å²) in [6.45, 7) is 3.81. The quantitative estimate of drug-likeness (QED) is 0.397. The number of carbonyl (C=O) groups is 1. The number of rotatable bonds is 5. The molecule has 174 valence electrons. The second kappa shape index (κ2) is 8.88. The van der Waals surface area contributed by atoms with Crippen LogP contribution < -0.4 is 4.90 Å². The van der Waals surface area contributed by atoms with Gasteiger partial charge >= 0.3 is 0 Å². The minimum Gasteiger partial charge on any atom is -0.354 e. The first-order valence-corrected chi connectivity index (χ1v) is 11.7. The van der Waals surface area contributed by atoms with Crippen LogP contribution in [-0.4, -0.2) is 68.8 Å². The van der Waals surface area contributed by atoms with Crippen LogP contribution in [0.15, 0.2) is 67.4 Å². The normalized spacial score (nSPS) is 14.6. The van der Waals surface area contributed by atoms with Crippen LogP contribution in [0.1, 0.15) is 16.1 Å². The zero-order valence-electron chi connectivity index (χ0n) is 19.5. The average molecular weight is 464 g/mol. The summed E-state index contributed by atoms with van der Waals surface area (Å²) < 4.78 is 0. The van der Waals surface area contributed by atoms with Crippen LogP contribution in [0.3, 0.4) is 0 Å². The molecule has 0 unspecified atom stereocenters. The minimum atomic E-state index is 0.0286. The Bertz CT molecular complexity index is 1540. The number of nitrogens with zero attached hydrogens (tertiary/aromatic N) is 6. The molecule has 1 saturated heterocycles. The van der Waals surface area contributed by atoms with Gasteiger partial charge in [-0.2, -0.15) is 0 Å². The van der Waals surface area contributed by atoms with Crippen LogP contribution in [0.2, 0.25) is 0 Å².